The lowest BCUT2D eigenvalue weighted by molar-refractivity contribution is -0.121. The number of carbonyl (C=O) groups is 2. The molecule has 0 bridgehead atoms. The largest absolute Gasteiger partial charge is 0.454 e. The summed E-state index contributed by atoms with van der Waals surface area (Å²) in [5.41, 5.74) is 1.91. The van der Waals surface area contributed by atoms with Crippen molar-refractivity contribution in [2.24, 2.45) is 13.0 Å². The number of para-hydroxylation sites is 2. The summed E-state index contributed by atoms with van der Waals surface area (Å²) in [7, 11) is 1.81. The quantitative estimate of drug-likeness (QED) is 0.685. The average Bonchev–Trinajstić information content (AvgIpc) is 3.13. The molecule has 1 atom stereocenters. The van der Waals surface area contributed by atoms with E-state index in [0.29, 0.717) is 36.0 Å². The van der Waals surface area contributed by atoms with Crippen molar-refractivity contribution in [3.63, 3.8) is 0 Å². The van der Waals surface area contributed by atoms with Crippen LogP contribution < -0.4 is 10.1 Å². The van der Waals surface area contributed by atoms with Crippen LogP contribution in [0.5, 0.6) is 11.5 Å². The summed E-state index contributed by atoms with van der Waals surface area (Å²) in [6.45, 7) is 2.89. The van der Waals surface area contributed by atoms with E-state index in [9.17, 15) is 9.59 Å². The van der Waals surface area contributed by atoms with Gasteiger partial charge in [-0.2, -0.15) is 5.10 Å². The van der Waals surface area contributed by atoms with Crippen LogP contribution in [-0.2, 0) is 11.8 Å². The van der Waals surface area contributed by atoms with E-state index in [0.717, 1.165) is 18.5 Å². The lowest BCUT2D eigenvalue weighted by atomic mass is 9.96. The summed E-state index contributed by atoms with van der Waals surface area (Å²) in [4.78, 5) is 31.6. The van der Waals surface area contributed by atoms with Gasteiger partial charge in [0, 0.05) is 32.0 Å². The fourth-order valence-corrected chi connectivity index (χ4v) is 3.63. The van der Waals surface area contributed by atoms with Crippen LogP contribution in [0.15, 0.2) is 54.9 Å². The van der Waals surface area contributed by atoms with E-state index in [1.807, 2.05) is 26.1 Å². The monoisotopic (exact) mass is 419 g/mol. The Hall–Kier alpha value is -3.68. The number of ether oxygens (including phenoxy) is 1. The molecule has 3 heterocycles. The lowest BCUT2D eigenvalue weighted by Gasteiger charge is -2.31. The molecule has 1 N–H and O–H groups in total. The number of rotatable bonds is 5. The fourth-order valence-electron chi connectivity index (χ4n) is 3.63. The first-order chi connectivity index (χ1) is 15.0. The van der Waals surface area contributed by atoms with Crippen molar-refractivity contribution < 1.29 is 14.3 Å². The molecule has 0 aliphatic carbocycles. The molecule has 1 saturated heterocycles. The maximum Gasteiger partial charge on any atom is 0.274 e. The Morgan fingerprint density at radius 2 is 2.03 bits per heavy atom. The van der Waals surface area contributed by atoms with Crippen LogP contribution in [0.25, 0.3) is 0 Å². The SMILES string of the molecule is Cc1cc(C(=O)N2CCC[C@H](C(=O)Nc3ccccc3Oc3cccnc3)C2)nn1C. The van der Waals surface area contributed by atoms with Crippen LogP contribution in [0.3, 0.4) is 0 Å². The van der Waals surface area contributed by atoms with Gasteiger partial charge >= 0.3 is 0 Å². The zero-order valence-corrected chi connectivity index (χ0v) is 17.6. The second-order valence-electron chi connectivity index (χ2n) is 7.66. The van der Waals surface area contributed by atoms with Gasteiger partial charge in [-0.3, -0.25) is 19.3 Å². The first-order valence-electron chi connectivity index (χ1n) is 10.3. The molecule has 1 aliphatic heterocycles. The van der Waals surface area contributed by atoms with Crippen molar-refractivity contribution in [1.82, 2.24) is 19.7 Å². The molecule has 1 aromatic carbocycles. The average molecular weight is 419 g/mol. The molecule has 0 spiro atoms. The Labute approximate surface area is 180 Å². The number of likely N-dealkylation sites (tertiary alicyclic amines) is 1. The Kier molecular flexibility index (Phi) is 5.97. The highest BCUT2D eigenvalue weighted by Crippen LogP contribution is 2.30. The van der Waals surface area contributed by atoms with Crippen molar-refractivity contribution in [3.05, 3.63) is 66.2 Å². The minimum atomic E-state index is -0.297. The zero-order valence-electron chi connectivity index (χ0n) is 17.6. The highest BCUT2D eigenvalue weighted by molar-refractivity contribution is 5.96. The molecule has 160 valence electrons. The van der Waals surface area contributed by atoms with Crippen LogP contribution >= 0.6 is 0 Å². The van der Waals surface area contributed by atoms with E-state index < -0.39 is 0 Å². The van der Waals surface area contributed by atoms with Crippen LogP contribution in [-0.4, -0.2) is 44.6 Å². The standard InChI is InChI=1S/C23H25N5O3/c1-16-13-20(26-27(16)2)23(30)28-12-6-7-17(15-28)22(29)25-19-9-3-4-10-21(19)31-18-8-5-11-24-14-18/h3-5,8-11,13-14,17H,6-7,12,15H2,1-2H3,(H,25,29)/t17-/m0/s1. The zero-order chi connectivity index (χ0) is 21.8. The van der Waals surface area contributed by atoms with Crippen LogP contribution in [0, 0.1) is 12.8 Å². The summed E-state index contributed by atoms with van der Waals surface area (Å²) < 4.78 is 7.56. The second-order valence-corrected chi connectivity index (χ2v) is 7.66. The third kappa shape index (κ3) is 4.74. The molecular weight excluding hydrogens is 394 g/mol. The van der Waals surface area contributed by atoms with E-state index in [2.05, 4.69) is 15.4 Å². The topological polar surface area (TPSA) is 89.3 Å². The molecule has 8 nitrogen and oxygen atoms in total. The van der Waals surface area contributed by atoms with Crippen molar-refractivity contribution in [3.8, 4) is 11.5 Å². The highest BCUT2D eigenvalue weighted by Gasteiger charge is 2.30. The molecule has 8 heteroatoms. The number of amides is 2. The maximum atomic E-state index is 13.0. The Morgan fingerprint density at radius 1 is 1.19 bits per heavy atom. The minimum Gasteiger partial charge on any atom is -0.454 e. The molecule has 0 radical (unpaired) electrons. The van der Waals surface area contributed by atoms with E-state index in [4.69, 9.17) is 4.74 Å². The number of pyridine rings is 1. The first-order valence-corrected chi connectivity index (χ1v) is 10.3. The first kappa shape index (κ1) is 20.6. The van der Waals surface area contributed by atoms with Crippen molar-refractivity contribution in [1.29, 1.82) is 0 Å². The number of piperidine rings is 1. The second kappa shape index (κ2) is 8.99. The van der Waals surface area contributed by atoms with Gasteiger partial charge in [0.2, 0.25) is 5.91 Å². The van der Waals surface area contributed by atoms with Gasteiger partial charge in [0.05, 0.1) is 17.8 Å². The number of nitrogens with one attached hydrogen (secondary N) is 1. The number of nitrogens with zero attached hydrogens (tertiary/aromatic N) is 4. The van der Waals surface area contributed by atoms with Crippen LogP contribution in [0.2, 0.25) is 0 Å². The fraction of sp³-hybridized carbons (Fsp3) is 0.304. The van der Waals surface area contributed by atoms with Gasteiger partial charge in [-0.15, -0.1) is 0 Å². The smallest absolute Gasteiger partial charge is 0.274 e. The number of carbonyl (C=O) groups excluding carboxylic acids is 2. The predicted octanol–water partition coefficient (Wildman–Crippen LogP) is 3.41. The molecule has 0 unspecified atom stereocenters. The Bertz CT molecular complexity index is 1060. The minimum absolute atomic E-state index is 0.128. The summed E-state index contributed by atoms with van der Waals surface area (Å²) in [5, 5.41) is 7.25. The van der Waals surface area contributed by atoms with Gasteiger partial charge in [-0.05, 0) is 50.1 Å². The third-order valence-electron chi connectivity index (χ3n) is 5.42. The van der Waals surface area contributed by atoms with E-state index in [-0.39, 0.29) is 17.7 Å². The molecule has 3 aromatic rings. The molecule has 2 amide bonds. The molecule has 31 heavy (non-hydrogen) atoms. The number of aromatic nitrogens is 3. The highest BCUT2D eigenvalue weighted by atomic mass is 16.5. The molecule has 1 fully saturated rings. The maximum absolute atomic E-state index is 13.0. The van der Waals surface area contributed by atoms with Gasteiger partial charge in [0.25, 0.3) is 5.91 Å². The van der Waals surface area contributed by atoms with Crippen LogP contribution in [0.4, 0.5) is 5.69 Å². The van der Waals surface area contributed by atoms with Gasteiger partial charge in [-0.25, -0.2) is 0 Å². The molecular formula is C23H25N5O3. The number of hydrogen-bond donors (Lipinski definition) is 1. The van der Waals surface area contributed by atoms with Crippen molar-refractivity contribution in [2.75, 3.05) is 18.4 Å². The number of anilines is 1. The van der Waals surface area contributed by atoms with Gasteiger partial charge in [-0.1, -0.05) is 12.1 Å². The van der Waals surface area contributed by atoms with Crippen LogP contribution in [0.1, 0.15) is 29.0 Å². The molecule has 0 saturated carbocycles. The number of hydrogen-bond acceptors (Lipinski definition) is 5. The summed E-state index contributed by atoms with van der Waals surface area (Å²) in [6, 6.07) is 12.6. The lowest BCUT2D eigenvalue weighted by Crippen LogP contribution is -2.44. The Morgan fingerprint density at radius 3 is 2.77 bits per heavy atom. The summed E-state index contributed by atoms with van der Waals surface area (Å²) >= 11 is 0. The van der Waals surface area contributed by atoms with Gasteiger partial charge in [0.1, 0.15) is 5.75 Å². The number of aryl methyl sites for hydroxylation is 2. The third-order valence-corrected chi connectivity index (χ3v) is 5.42. The van der Waals surface area contributed by atoms with E-state index >= 15 is 0 Å². The Balaban J connectivity index is 1.43. The normalized spacial score (nSPS) is 16.1. The van der Waals surface area contributed by atoms with Crippen molar-refractivity contribution in [2.45, 2.75) is 19.8 Å². The number of benzene rings is 1. The van der Waals surface area contributed by atoms with Gasteiger partial charge in [0.15, 0.2) is 11.4 Å². The molecule has 4 rings (SSSR count). The van der Waals surface area contributed by atoms with E-state index in [1.54, 1.807) is 52.3 Å². The molecule has 2 aromatic heterocycles. The summed E-state index contributed by atoms with van der Waals surface area (Å²) in [6.07, 6.45) is 4.78. The molecule has 1 aliphatic rings. The van der Waals surface area contributed by atoms with E-state index in [1.165, 1.54) is 0 Å². The van der Waals surface area contributed by atoms with Gasteiger partial charge < -0.3 is 15.0 Å². The summed E-state index contributed by atoms with van der Waals surface area (Å²) in [5.74, 6) is 0.563. The van der Waals surface area contributed by atoms with Crippen molar-refractivity contribution >= 4 is 17.5 Å². The predicted molar refractivity (Wildman–Crippen MR) is 116 cm³/mol.